The fraction of sp³-hybridized carbons (Fsp3) is 0.857. The highest BCUT2D eigenvalue weighted by Gasteiger charge is 2.44. The van der Waals surface area contributed by atoms with E-state index in [1.165, 1.54) is 12.2 Å². The fourth-order valence-corrected chi connectivity index (χ4v) is 4.88. The molecule has 50 valence electrons. The van der Waals surface area contributed by atoms with Gasteiger partial charge in [0.15, 0.2) is 0 Å². The van der Waals surface area contributed by atoms with Crippen LogP contribution in [0.5, 0.6) is 0 Å². The van der Waals surface area contributed by atoms with E-state index in [1.807, 2.05) is 0 Å². The zero-order valence-electron chi connectivity index (χ0n) is 6.11. The van der Waals surface area contributed by atoms with E-state index in [2.05, 4.69) is 25.3 Å². The molecule has 1 aliphatic heterocycles. The van der Waals surface area contributed by atoms with Crippen LogP contribution >= 0.6 is 8.75 Å². The van der Waals surface area contributed by atoms with Gasteiger partial charge in [-0.1, -0.05) is 12.8 Å². The monoisotopic (exact) mass is 132 g/mol. The van der Waals surface area contributed by atoms with Crippen molar-refractivity contribution in [2.45, 2.75) is 18.6 Å². The van der Waals surface area contributed by atoms with Gasteiger partial charge in [-0.05, 0) is 29.9 Å². The molecule has 1 fully saturated rings. The van der Waals surface area contributed by atoms with E-state index in [9.17, 15) is 0 Å². The van der Waals surface area contributed by atoms with Crippen LogP contribution in [0.15, 0.2) is 0 Å². The van der Waals surface area contributed by atoms with Gasteiger partial charge in [0.2, 0.25) is 0 Å². The molecule has 1 rings (SSSR count). The lowest BCUT2D eigenvalue weighted by Crippen LogP contribution is -1.87. The van der Waals surface area contributed by atoms with Gasteiger partial charge in [0.1, 0.15) is 0 Å². The van der Waals surface area contributed by atoms with Crippen molar-refractivity contribution < 1.29 is 0 Å². The molecule has 0 aromatic heterocycles. The molecule has 0 amide bonds. The Morgan fingerprint density at radius 2 is 2.00 bits per heavy atom. The Hall–Kier alpha value is 0.220. The molecule has 0 N–H and O–H groups in total. The van der Waals surface area contributed by atoms with Gasteiger partial charge in [0.25, 0.3) is 0 Å². The van der Waals surface area contributed by atoms with Crippen LogP contribution in [0.4, 0.5) is 0 Å². The zero-order chi connectivity index (χ0) is 6.44. The second kappa shape index (κ2) is 1.21. The lowest BCUT2D eigenvalue weighted by atomic mass is 10.4. The lowest BCUT2D eigenvalue weighted by Gasteiger charge is -2.16. The van der Waals surface area contributed by atoms with Crippen LogP contribution in [0.25, 0.3) is 0 Å². The standard InChI is InChI=1S/C7H16S/c1-5-7-6-8(7,2,3)4/h7H,2,5-6H2,1,3-4H3. The van der Waals surface area contributed by atoms with Crippen molar-refractivity contribution in [2.24, 2.45) is 0 Å². The summed E-state index contributed by atoms with van der Waals surface area (Å²) in [6.07, 6.45) is 6.08. The molecular weight excluding hydrogens is 116 g/mol. The Labute approximate surface area is 52.2 Å². The quantitative estimate of drug-likeness (QED) is 0.377. The third-order valence-corrected chi connectivity index (χ3v) is 6.06. The Morgan fingerprint density at radius 3 is 2.00 bits per heavy atom. The molecule has 0 bridgehead atoms. The van der Waals surface area contributed by atoms with Crippen molar-refractivity contribution in [3.8, 4) is 0 Å². The molecule has 8 heavy (non-hydrogen) atoms. The Bertz CT molecular complexity index is 161. The van der Waals surface area contributed by atoms with Gasteiger partial charge in [0, 0.05) is 0 Å². The van der Waals surface area contributed by atoms with Crippen LogP contribution in [0.2, 0.25) is 0 Å². The molecule has 0 aliphatic carbocycles. The molecule has 1 saturated heterocycles. The molecule has 1 heterocycles. The maximum atomic E-state index is 4.27. The molecule has 1 unspecified atom stereocenters. The van der Waals surface area contributed by atoms with Crippen LogP contribution in [-0.4, -0.2) is 29.4 Å². The minimum atomic E-state index is -0.973. The van der Waals surface area contributed by atoms with Gasteiger partial charge in [-0.3, -0.25) is 8.75 Å². The summed E-state index contributed by atoms with van der Waals surface area (Å²) in [5.41, 5.74) is 0. The summed E-state index contributed by atoms with van der Waals surface area (Å²) >= 11 is 0. The summed E-state index contributed by atoms with van der Waals surface area (Å²) in [5.74, 6) is 5.70. The molecule has 0 aromatic carbocycles. The Kier molecular flexibility index (Phi) is 0.956. The Morgan fingerprint density at radius 1 is 1.62 bits per heavy atom. The average molecular weight is 132 g/mol. The van der Waals surface area contributed by atoms with Crippen molar-refractivity contribution in [3.05, 3.63) is 0 Å². The molecule has 0 nitrogen and oxygen atoms in total. The summed E-state index contributed by atoms with van der Waals surface area (Å²) in [4.78, 5) is 0. The lowest BCUT2D eigenvalue weighted by molar-refractivity contribution is 0.978. The largest absolute Gasteiger partial charge is 0.251 e. The molecule has 0 aromatic rings. The summed E-state index contributed by atoms with van der Waals surface area (Å²) < 4.78 is 0. The summed E-state index contributed by atoms with van der Waals surface area (Å²) in [5, 5.41) is 0.993. The van der Waals surface area contributed by atoms with Crippen LogP contribution in [0, 0.1) is 0 Å². The van der Waals surface area contributed by atoms with Crippen molar-refractivity contribution in [2.75, 3.05) is 18.3 Å². The first kappa shape index (κ1) is 6.34. The molecule has 1 heteroatoms. The van der Waals surface area contributed by atoms with E-state index in [1.54, 1.807) is 0 Å². The van der Waals surface area contributed by atoms with E-state index in [0.29, 0.717) is 0 Å². The highest BCUT2D eigenvalue weighted by molar-refractivity contribution is 8.51. The summed E-state index contributed by atoms with van der Waals surface area (Å²) in [6.45, 7) is 2.27. The van der Waals surface area contributed by atoms with E-state index in [-0.39, 0.29) is 0 Å². The van der Waals surface area contributed by atoms with E-state index in [0.717, 1.165) is 5.25 Å². The minimum absolute atomic E-state index is 0.973. The second-order valence-corrected chi connectivity index (χ2v) is 9.91. The van der Waals surface area contributed by atoms with Gasteiger partial charge in [-0.15, -0.1) is 0 Å². The van der Waals surface area contributed by atoms with Crippen molar-refractivity contribution in [3.63, 3.8) is 0 Å². The first-order valence-electron chi connectivity index (χ1n) is 3.15. The van der Waals surface area contributed by atoms with Crippen molar-refractivity contribution in [1.82, 2.24) is 0 Å². The second-order valence-electron chi connectivity index (χ2n) is 3.77. The molecule has 0 radical (unpaired) electrons. The number of hydrogen-bond donors (Lipinski definition) is 0. The van der Waals surface area contributed by atoms with Gasteiger partial charge in [-0.25, -0.2) is 0 Å². The highest BCUT2D eigenvalue weighted by atomic mass is 32.3. The number of rotatable bonds is 1. The first-order chi connectivity index (χ1) is 3.44. The summed E-state index contributed by atoms with van der Waals surface area (Å²) in [7, 11) is -0.973. The maximum Gasteiger partial charge on any atom is -0.00787 e. The third-order valence-electron chi connectivity index (χ3n) is 2.21. The minimum Gasteiger partial charge on any atom is -0.251 e. The van der Waals surface area contributed by atoms with E-state index < -0.39 is 8.75 Å². The van der Waals surface area contributed by atoms with Crippen LogP contribution in [-0.2, 0) is 0 Å². The predicted octanol–water partition coefficient (Wildman–Crippen LogP) is 1.81. The molecular formula is C7H16S. The zero-order valence-corrected chi connectivity index (χ0v) is 6.92. The fourth-order valence-electron chi connectivity index (χ4n) is 1.26. The first-order valence-corrected chi connectivity index (χ1v) is 6.41. The van der Waals surface area contributed by atoms with Crippen LogP contribution < -0.4 is 0 Å². The topological polar surface area (TPSA) is 0 Å². The average Bonchev–Trinajstić information content (AvgIpc) is 2.07. The molecule has 1 atom stereocenters. The van der Waals surface area contributed by atoms with E-state index >= 15 is 0 Å². The van der Waals surface area contributed by atoms with Gasteiger partial charge in [-0.2, -0.15) is 0 Å². The highest BCUT2D eigenvalue weighted by Crippen LogP contribution is 2.71. The SMILES string of the molecule is C=S1(C)(C)CC1CC. The van der Waals surface area contributed by atoms with Crippen LogP contribution in [0.1, 0.15) is 13.3 Å². The molecule has 0 spiro atoms. The van der Waals surface area contributed by atoms with E-state index in [4.69, 9.17) is 0 Å². The van der Waals surface area contributed by atoms with Crippen LogP contribution in [0.3, 0.4) is 0 Å². The maximum absolute atomic E-state index is 4.27. The third kappa shape index (κ3) is 0.838. The Balaban J connectivity index is 2.70. The van der Waals surface area contributed by atoms with Crippen molar-refractivity contribution in [1.29, 1.82) is 0 Å². The molecule has 0 saturated carbocycles. The summed E-state index contributed by atoms with van der Waals surface area (Å²) in [6, 6.07) is 0. The smallest absolute Gasteiger partial charge is 0.00787 e. The van der Waals surface area contributed by atoms with Gasteiger partial charge >= 0.3 is 0 Å². The normalized spacial score (nSPS) is 44.4. The number of hydrogen-bond acceptors (Lipinski definition) is 0. The molecule has 1 aliphatic rings. The van der Waals surface area contributed by atoms with Gasteiger partial charge < -0.3 is 0 Å². The van der Waals surface area contributed by atoms with Crippen molar-refractivity contribution >= 4 is 14.6 Å². The van der Waals surface area contributed by atoms with Gasteiger partial charge in [0.05, 0.1) is 0 Å². The predicted molar refractivity (Wildman–Crippen MR) is 45.5 cm³/mol.